The summed E-state index contributed by atoms with van der Waals surface area (Å²) in [4.78, 5) is 47.5. The SMILES string of the molecule is CC(=O)OC[C@H]1O[C@@H](c2ccc(Cc3ccc(O)cc3)c(Cl)c2)[C@H](OC(C)=O)[C@@H](OC(C)=O)[C@@H]1OC(C)=O. The van der Waals surface area contributed by atoms with Crippen LogP contribution in [0.3, 0.4) is 0 Å². The molecule has 5 atom stereocenters. The lowest BCUT2D eigenvalue weighted by atomic mass is 9.89. The van der Waals surface area contributed by atoms with Gasteiger partial charge in [-0.15, -0.1) is 0 Å². The maximum Gasteiger partial charge on any atom is 0.303 e. The number of aromatic hydroxyl groups is 1. The lowest BCUT2D eigenvalue weighted by molar-refractivity contribution is -0.254. The predicted molar refractivity (Wildman–Crippen MR) is 133 cm³/mol. The van der Waals surface area contributed by atoms with Gasteiger partial charge in [0.15, 0.2) is 18.3 Å². The van der Waals surface area contributed by atoms with Gasteiger partial charge in [0.1, 0.15) is 24.6 Å². The summed E-state index contributed by atoms with van der Waals surface area (Å²) in [6.07, 6.45) is -5.31. The second kappa shape index (κ2) is 12.7. The molecule has 0 aromatic heterocycles. The van der Waals surface area contributed by atoms with E-state index in [1.807, 2.05) is 0 Å². The maximum atomic E-state index is 12.1. The van der Waals surface area contributed by atoms with Crippen molar-refractivity contribution in [2.75, 3.05) is 6.61 Å². The molecule has 1 fully saturated rings. The molecule has 2 aromatic rings. The van der Waals surface area contributed by atoms with E-state index >= 15 is 0 Å². The Kier molecular flexibility index (Phi) is 9.71. The van der Waals surface area contributed by atoms with Crippen molar-refractivity contribution in [2.45, 2.75) is 64.6 Å². The van der Waals surface area contributed by atoms with Gasteiger partial charge in [-0.05, 0) is 41.3 Å². The molecule has 204 valence electrons. The van der Waals surface area contributed by atoms with Crippen molar-refractivity contribution in [1.82, 2.24) is 0 Å². The smallest absolute Gasteiger partial charge is 0.303 e. The molecule has 1 aliphatic rings. The first-order valence-corrected chi connectivity index (χ1v) is 12.2. The van der Waals surface area contributed by atoms with Crippen LogP contribution in [0.4, 0.5) is 0 Å². The topological polar surface area (TPSA) is 135 Å². The van der Waals surface area contributed by atoms with Gasteiger partial charge in [0, 0.05) is 32.7 Å². The lowest BCUT2D eigenvalue weighted by Crippen LogP contribution is -2.59. The van der Waals surface area contributed by atoms with E-state index in [-0.39, 0.29) is 12.4 Å². The maximum absolute atomic E-state index is 12.1. The van der Waals surface area contributed by atoms with Crippen molar-refractivity contribution in [2.24, 2.45) is 0 Å². The summed E-state index contributed by atoms with van der Waals surface area (Å²) in [7, 11) is 0. The first kappa shape index (κ1) is 28.9. The number of esters is 4. The summed E-state index contributed by atoms with van der Waals surface area (Å²) in [6.45, 7) is 4.39. The van der Waals surface area contributed by atoms with Gasteiger partial charge in [0.2, 0.25) is 0 Å². The second-order valence-corrected chi connectivity index (χ2v) is 9.22. The summed E-state index contributed by atoms with van der Waals surface area (Å²) in [5.41, 5.74) is 2.19. The highest BCUT2D eigenvalue weighted by molar-refractivity contribution is 6.31. The number of carbonyl (C=O) groups is 4. The summed E-state index contributed by atoms with van der Waals surface area (Å²) < 4.78 is 27.7. The van der Waals surface area contributed by atoms with Gasteiger partial charge in [-0.25, -0.2) is 0 Å². The fourth-order valence-corrected chi connectivity index (χ4v) is 4.47. The van der Waals surface area contributed by atoms with E-state index in [4.69, 9.17) is 35.3 Å². The minimum atomic E-state index is -1.27. The Morgan fingerprint density at radius 2 is 1.39 bits per heavy atom. The Balaban J connectivity index is 2.01. The van der Waals surface area contributed by atoms with Crippen LogP contribution in [0, 0.1) is 0 Å². The standard InChI is InChI=1S/C27H29ClO10/c1-14(29)34-13-23-25(35-15(2)30)27(37-17(4)32)26(36-16(3)31)24(38-23)20-8-7-19(22(28)12-20)11-18-5-9-21(33)10-6-18/h5-10,12,23-27,33H,11,13H2,1-4H3/t23-,24+,25-,26+,27+/m1/s1. The molecule has 11 heteroatoms. The first-order chi connectivity index (χ1) is 17.9. The number of hydrogen-bond acceptors (Lipinski definition) is 10. The number of benzene rings is 2. The zero-order valence-corrected chi connectivity index (χ0v) is 22.1. The van der Waals surface area contributed by atoms with Crippen molar-refractivity contribution in [1.29, 1.82) is 0 Å². The Bertz CT molecular complexity index is 1180. The van der Waals surface area contributed by atoms with E-state index in [9.17, 15) is 24.3 Å². The highest BCUT2D eigenvalue weighted by Gasteiger charge is 2.52. The van der Waals surface area contributed by atoms with Gasteiger partial charge in [-0.1, -0.05) is 35.9 Å². The molecule has 1 saturated heterocycles. The van der Waals surface area contributed by atoms with Gasteiger partial charge >= 0.3 is 23.9 Å². The third-order valence-corrected chi connectivity index (χ3v) is 6.08. The van der Waals surface area contributed by atoms with Crippen LogP contribution >= 0.6 is 11.6 Å². The van der Waals surface area contributed by atoms with Crippen LogP contribution in [-0.2, 0) is 49.3 Å². The Morgan fingerprint density at radius 3 is 1.95 bits per heavy atom. The molecule has 0 bridgehead atoms. The quantitative estimate of drug-likeness (QED) is 0.386. The van der Waals surface area contributed by atoms with E-state index < -0.39 is 54.4 Å². The summed E-state index contributed by atoms with van der Waals surface area (Å²) in [6, 6.07) is 11.8. The second-order valence-electron chi connectivity index (χ2n) is 8.81. The van der Waals surface area contributed by atoms with Gasteiger partial charge in [-0.3, -0.25) is 19.2 Å². The highest BCUT2D eigenvalue weighted by atomic mass is 35.5. The number of halogens is 1. The lowest BCUT2D eigenvalue weighted by Gasteiger charge is -2.44. The average molecular weight is 549 g/mol. The third-order valence-electron chi connectivity index (χ3n) is 5.73. The number of rotatable bonds is 8. The molecule has 38 heavy (non-hydrogen) atoms. The fraction of sp³-hybridized carbons (Fsp3) is 0.407. The predicted octanol–water partition coefficient (Wildman–Crippen LogP) is 3.43. The van der Waals surface area contributed by atoms with Crippen LogP contribution in [0.1, 0.15) is 50.5 Å². The molecule has 3 rings (SSSR count). The number of ether oxygens (including phenoxy) is 5. The van der Waals surface area contributed by atoms with Crippen molar-refractivity contribution in [3.05, 3.63) is 64.2 Å². The molecule has 1 heterocycles. The summed E-state index contributed by atoms with van der Waals surface area (Å²) in [5, 5.41) is 9.91. The van der Waals surface area contributed by atoms with Crippen LogP contribution in [-0.4, -0.2) is 60.0 Å². The minimum absolute atomic E-state index is 0.152. The van der Waals surface area contributed by atoms with E-state index in [0.29, 0.717) is 17.0 Å². The Labute approximate surface area is 224 Å². The van der Waals surface area contributed by atoms with Gasteiger partial charge in [-0.2, -0.15) is 0 Å². The van der Waals surface area contributed by atoms with Gasteiger partial charge in [0.25, 0.3) is 0 Å². The Hall–Kier alpha value is -3.63. The minimum Gasteiger partial charge on any atom is -0.508 e. The largest absolute Gasteiger partial charge is 0.508 e. The molecule has 0 aliphatic carbocycles. The molecule has 0 spiro atoms. The molecule has 1 aliphatic heterocycles. The molecule has 0 radical (unpaired) electrons. The van der Waals surface area contributed by atoms with Crippen LogP contribution in [0.25, 0.3) is 0 Å². The number of phenols is 1. The normalized spacial score (nSPS) is 22.7. The molecule has 0 unspecified atom stereocenters. The average Bonchev–Trinajstić information content (AvgIpc) is 2.82. The van der Waals surface area contributed by atoms with Crippen molar-refractivity contribution in [3.8, 4) is 5.75 Å². The molecule has 1 N–H and O–H groups in total. The number of carbonyl (C=O) groups excluding carboxylic acids is 4. The molecule has 10 nitrogen and oxygen atoms in total. The van der Waals surface area contributed by atoms with Crippen LogP contribution < -0.4 is 0 Å². The van der Waals surface area contributed by atoms with Crippen LogP contribution in [0.15, 0.2) is 42.5 Å². The molecular weight excluding hydrogens is 520 g/mol. The van der Waals surface area contributed by atoms with Gasteiger partial charge in [0.05, 0.1) is 0 Å². The zero-order valence-electron chi connectivity index (χ0n) is 21.3. The van der Waals surface area contributed by atoms with Crippen molar-refractivity contribution < 1.29 is 48.0 Å². The van der Waals surface area contributed by atoms with Crippen molar-refractivity contribution in [3.63, 3.8) is 0 Å². The van der Waals surface area contributed by atoms with E-state index in [1.54, 1.807) is 42.5 Å². The van der Waals surface area contributed by atoms with E-state index in [2.05, 4.69) is 0 Å². The molecule has 0 saturated carbocycles. The highest BCUT2D eigenvalue weighted by Crippen LogP contribution is 2.39. The first-order valence-electron chi connectivity index (χ1n) is 11.8. The summed E-state index contributed by atoms with van der Waals surface area (Å²) in [5.74, 6) is -2.54. The van der Waals surface area contributed by atoms with Crippen LogP contribution in [0.2, 0.25) is 5.02 Å². The molecule has 2 aromatic carbocycles. The fourth-order valence-electron chi connectivity index (χ4n) is 4.21. The zero-order chi connectivity index (χ0) is 28.0. The molecule has 0 amide bonds. The van der Waals surface area contributed by atoms with E-state index in [1.165, 1.54) is 13.8 Å². The van der Waals surface area contributed by atoms with Crippen molar-refractivity contribution >= 4 is 35.5 Å². The molecular formula is C27H29ClO10. The van der Waals surface area contributed by atoms with E-state index in [0.717, 1.165) is 25.0 Å². The Morgan fingerprint density at radius 1 is 0.816 bits per heavy atom. The van der Waals surface area contributed by atoms with Crippen LogP contribution in [0.5, 0.6) is 5.75 Å². The summed E-state index contributed by atoms with van der Waals surface area (Å²) >= 11 is 6.60. The number of hydrogen-bond donors (Lipinski definition) is 1. The number of phenolic OH excluding ortho intramolecular Hbond substituents is 1. The monoisotopic (exact) mass is 548 g/mol. The van der Waals surface area contributed by atoms with Gasteiger partial charge < -0.3 is 28.8 Å². The third kappa shape index (κ3) is 7.69.